The molecule has 196 valence electrons. The van der Waals surface area contributed by atoms with Crippen molar-refractivity contribution < 1.29 is 19.4 Å². The molecule has 2 N–H and O–H groups in total. The van der Waals surface area contributed by atoms with E-state index in [2.05, 4.69) is 31.3 Å². The Morgan fingerprint density at radius 2 is 1.87 bits per heavy atom. The number of carbonyl (C=O) groups is 1. The lowest BCUT2D eigenvalue weighted by atomic mass is 9.81. The van der Waals surface area contributed by atoms with Gasteiger partial charge in [-0.15, -0.1) is 0 Å². The van der Waals surface area contributed by atoms with Crippen LogP contribution in [0.3, 0.4) is 0 Å². The van der Waals surface area contributed by atoms with Crippen LogP contribution in [0.1, 0.15) is 34.8 Å². The van der Waals surface area contributed by atoms with E-state index in [1.807, 2.05) is 60.7 Å². The number of halogens is 1. The second-order valence-corrected chi connectivity index (χ2v) is 9.58. The summed E-state index contributed by atoms with van der Waals surface area (Å²) in [5.41, 5.74) is 10.7. The summed E-state index contributed by atoms with van der Waals surface area (Å²) in [5, 5.41) is 15.5. The van der Waals surface area contributed by atoms with Crippen molar-refractivity contribution >= 4 is 27.7 Å². The van der Waals surface area contributed by atoms with E-state index in [1.165, 1.54) is 0 Å². The van der Waals surface area contributed by atoms with E-state index in [-0.39, 0.29) is 25.5 Å². The second kappa shape index (κ2) is 12.6. The van der Waals surface area contributed by atoms with Crippen LogP contribution in [0.5, 0.6) is 5.75 Å². The molecule has 2 atom stereocenters. The van der Waals surface area contributed by atoms with Crippen molar-refractivity contribution in [3.63, 3.8) is 0 Å². The highest BCUT2D eigenvalue weighted by Gasteiger charge is 2.53. The lowest BCUT2D eigenvalue weighted by molar-refractivity contribution is -0.128. The van der Waals surface area contributed by atoms with Crippen LogP contribution in [0.4, 0.5) is 0 Å². The van der Waals surface area contributed by atoms with Gasteiger partial charge in [-0.2, -0.15) is 0 Å². The van der Waals surface area contributed by atoms with Gasteiger partial charge in [0.1, 0.15) is 5.75 Å². The quantitative estimate of drug-likeness (QED) is 0.139. The van der Waals surface area contributed by atoms with Gasteiger partial charge in [-0.3, -0.25) is 4.79 Å². The van der Waals surface area contributed by atoms with Crippen molar-refractivity contribution in [1.82, 2.24) is 5.32 Å². The van der Waals surface area contributed by atoms with Gasteiger partial charge in [-0.1, -0.05) is 63.5 Å². The SMILES string of the molecule is CNC(=O)[C@]1(Cc2ccccc2CN=[N+]=[N-])N=C(c2ccc(OCCCO)cc2)O[C@@H]1c1ccccc1Br. The van der Waals surface area contributed by atoms with Gasteiger partial charge in [0.15, 0.2) is 11.6 Å². The molecule has 0 bridgehead atoms. The maximum Gasteiger partial charge on any atom is 0.252 e. The number of nitrogens with zero attached hydrogens (tertiary/aromatic N) is 4. The predicted octanol–water partition coefficient (Wildman–Crippen LogP) is 5.27. The van der Waals surface area contributed by atoms with Gasteiger partial charge in [0.25, 0.3) is 5.91 Å². The molecule has 10 heteroatoms. The average molecular weight is 578 g/mol. The number of rotatable bonds is 11. The Morgan fingerprint density at radius 3 is 2.55 bits per heavy atom. The van der Waals surface area contributed by atoms with Crippen LogP contribution in [-0.4, -0.2) is 42.7 Å². The highest BCUT2D eigenvalue weighted by atomic mass is 79.9. The molecule has 0 fully saturated rings. The van der Waals surface area contributed by atoms with Crippen molar-refractivity contribution in [1.29, 1.82) is 0 Å². The second-order valence-electron chi connectivity index (χ2n) is 8.72. The van der Waals surface area contributed by atoms with E-state index in [1.54, 1.807) is 19.2 Å². The fourth-order valence-corrected chi connectivity index (χ4v) is 4.94. The van der Waals surface area contributed by atoms with Crippen molar-refractivity contribution in [3.8, 4) is 5.75 Å². The van der Waals surface area contributed by atoms with Crippen molar-refractivity contribution in [2.45, 2.75) is 31.0 Å². The zero-order valence-corrected chi connectivity index (χ0v) is 22.5. The minimum absolute atomic E-state index is 0.0622. The molecule has 0 aliphatic carbocycles. The first-order valence-corrected chi connectivity index (χ1v) is 13.0. The Labute approximate surface area is 229 Å². The molecule has 0 saturated heterocycles. The molecule has 0 unspecified atom stereocenters. The van der Waals surface area contributed by atoms with E-state index in [0.29, 0.717) is 30.2 Å². The number of benzene rings is 3. The van der Waals surface area contributed by atoms with Crippen LogP contribution in [0, 0.1) is 0 Å². The smallest absolute Gasteiger partial charge is 0.252 e. The molecule has 9 nitrogen and oxygen atoms in total. The Bertz CT molecular complexity index is 1360. The van der Waals surface area contributed by atoms with Crippen LogP contribution in [-0.2, 0) is 22.5 Å². The van der Waals surface area contributed by atoms with Crippen LogP contribution in [0.2, 0.25) is 0 Å². The number of likely N-dealkylation sites (N-methyl/N-ethyl adjacent to an activating group) is 1. The number of hydrogen-bond donors (Lipinski definition) is 2. The molecule has 38 heavy (non-hydrogen) atoms. The average Bonchev–Trinajstić information content (AvgIpc) is 3.33. The van der Waals surface area contributed by atoms with E-state index < -0.39 is 11.6 Å². The fourth-order valence-electron chi connectivity index (χ4n) is 4.45. The molecule has 1 aliphatic rings. The zero-order valence-electron chi connectivity index (χ0n) is 20.9. The summed E-state index contributed by atoms with van der Waals surface area (Å²) in [6.07, 6.45) is 0.0314. The molecule has 3 aromatic carbocycles. The van der Waals surface area contributed by atoms with Gasteiger partial charge >= 0.3 is 0 Å². The molecular weight excluding hydrogens is 550 g/mol. The highest BCUT2D eigenvalue weighted by molar-refractivity contribution is 9.10. The van der Waals surface area contributed by atoms with Crippen molar-refractivity contribution in [3.05, 3.63) is 110 Å². The summed E-state index contributed by atoms with van der Waals surface area (Å²) in [5.74, 6) is 0.701. The van der Waals surface area contributed by atoms with Crippen LogP contribution < -0.4 is 10.1 Å². The normalized spacial score (nSPS) is 18.2. The number of carbonyl (C=O) groups excluding carboxylic acids is 1. The minimum Gasteiger partial charge on any atom is -0.494 e. The number of aliphatic hydroxyl groups excluding tert-OH is 1. The number of azide groups is 1. The van der Waals surface area contributed by atoms with Crippen molar-refractivity contribution in [2.24, 2.45) is 10.1 Å². The van der Waals surface area contributed by atoms with Crippen molar-refractivity contribution in [2.75, 3.05) is 20.3 Å². The Morgan fingerprint density at radius 1 is 1.16 bits per heavy atom. The molecule has 3 aromatic rings. The summed E-state index contributed by atoms with van der Waals surface area (Å²) in [7, 11) is 1.58. The minimum atomic E-state index is -1.34. The maximum absolute atomic E-state index is 13.7. The van der Waals surface area contributed by atoms with E-state index in [9.17, 15) is 4.79 Å². The monoisotopic (exact) mass is 577 g/mol. The van der Waals surface area contributed by atoms with E-state index in [4.69, 9.17) is 25.1 Å². The molecule has 0 aromatic heterocycles. The number of nitrogens with one attached hydrogen (secondary N) is 1. The standard InChI is InChI=1S/C28H28BrN5O4/c1-31-27(36)28(17-20-7-2-3-8-21(20)18-32-34-30)25(23-9-4-5-10-24(23)29)38-26(33-28)19-11-13-22(14-12-19)37-16-6-15-35/h2-5,7-14,25,35H,6,15-18H2,1H3,(H,31,36)/t25-,28-/m1/s1. The summed E-state index contributed by atoms with van der Waals surface area (Å²) in [6, 6.07) is 22.4. The first-order valence-electron chi connectivity index (χ1n) is 12.2. The third-order valence-corrected chi connectivity index (χ3v) is 7.05. The van der Waals surface area contributed by atoms with Gasteiger partial charge in [0, 0.05) is 47.0 Å². The Balaban J connectivity index is 1.80. The third-order valence-electron chi connectivity index (χ3n) is 6.33. The van der Waals surface area contributed by atoms with Gasteiger partial charge in [0.05, 0.1) is 13.2 Å². The van der Waals surface area contributed by atoms with Gasteiger partial charge < -0.3 is 19.9 Å². The number of aliphatic hydroxyl groups is 1. The third kappa shape index (κ3) is 5.83. The molecule has 0 spiro atoms. The maximum atomic E-state index is 13.7. The Kier molecular flexibility index (Phi) is 9.02. The molecule has 1 heterocycles. The number of aliphatic imine (C=N–C) groups is 1. The lowest BCUT2D eigenvalue weighted by Crippen LogP contribution is -2.49. The number of ether oxygens (including phenoxy) is 2. The van der Waals surface area contributed by atoms with E-state index >= 15 is 0 Å². The largest absolute Gasteiger partial charge is 0.494 e. The van der Waals surface area contributed by atoms with Crippen LogP contribution >= 0.6 is 15.9 Å². The first-order chi connectivity index (χ1) is 18.5. The zero-order chi connectivity index (χ0) is 27.0. The number of amides is 1. The molecule has 1 aliphatic heterocycles. The summed E-state index contributed by atoms with van der Waals surface area (Å²) in [4.78, 5) is 21.6. The van der Waals surface area contributed by atoms with Gasteiger partial charge in [0.2, 0.25) is 5.90 Å². The summed E-state index contributed by atoms with van der Waals surface area (Å²) >= 11 is 3.63. The van der Waals surface area contributed by atoms with Gasteiger partial charge in [-0.05, 0) is 47.0 Å². The van der Waals surface area contributed by atoms with Gasteiger partial charge in [-0.25, -0.2) is 4.99 Å². The van der Waals surface area contributed by atoms with Crippen LogP contribution in [0.25, 0.3) is 10.4 Å². The predicted molar refractivity (Wildman–Crippen MR) is 148 cm³/mol. The Hall–Kier alpha value is -3.85. The lowest BCUT2D eigenvalue weighted by Gasteiger charge is -2.31. The first kappa shape index (κ1) is 27.2. The van der Waals surface area contributed by atoms with E-state index in [0.717, 1.165) is 21.2 Å². The molecule has 0 radical (unpaired) electrons. The molecule has 1 amide bonds. The number of hydrogen-bond acceptors (Lipinski definition) is 6. The summed E-state index contributed by atoms with van der Waals surface area (Å²) < 4.78 is 12.9. The topological polar surface area (TPSA) is 129 Å². The highest BCUT2D eigenvalue weighted by Crippen LogP contribution is 2.44. The molecule has 4 rings (SSSR count). The molecule has 0 saturated carbocycles. The summed E-state index contributed by atoms with van der Waals surface area (Å²) in [6.45, 7) is 0.630. The fraction of sp³-hybridized carbons (Fsp3) is 0.286. The molecular formula is C28H28BrN5O4. The van der Waals surface area contributed by atoms with Crippen LogP contribution in [0.15, 0.2) is 87.4 Å².